The number of carbonyl (C=O) groups is 1. The number of carbonyl (C=O) groups excluding carboxylic acids is 1. The fourth-order valence-corrected chi connectivity index (χ4v) is 2.80. The summed E-state index contributed by atoms with van der Waals surface area (Å²) in [6.07, 6.45) is 5.33. The van der Waals surface area contributed by atoms with Crippen molar-refractivity contribution in [3.63, 3.8) is 0 Å². The zero-order chi connectivity index (χ0) is 18.9. The van der Waals surface area contributed by atoms with Crippen molar-refractivity contribution in [1.29, 1.82) is 0 Å². The molecule has 1 N–H and O–H groups in total. The average Bonchev–Trinajstić information content (AvgIpc) is 2.52. The minimum Gasteiger partial charge on any atom is -0.491 e. The molecule has 1 aliphatic carbocycles. The first-order valence-corrected chi connectivity index (χ1v) is 8.91. The first-order chi connectivity index (χ1) is 11.7. The minimum absolute atomic E-state index is 0.129. The fraction of sp³-hybridized carbons (Fsp3) is 0.650. The molecular weight excluding hydrogens is 321 g/mol. The average molecular weight is 353 g/mol. The monoisotopic (exact) mass is 353 g/mol. The first kappa shape index (κ1) is 21.4. The molecule has 0 radical (unpaired) electrons. The van der Waals surface area contributed by atoms with Crippen LogP contribution in [0.3, 0.4) is 0 Å². The summed E-state index contributed by atoms with van der Waals surface area (Å²) in [5.41, 5.74) is 0.993. The van der Waals surface area contributed by atoms with Crippen molar-refractivity contribution in [2.24, 2.45) is 11.3 Å². The van der Waals surface area contributed by atoms with E-state index < -0.39 is 5.83 Å². The van der Waals surface area contributed by atoms with Crippen LogP contribution in [-0.2, 0) is 14.3 Å². The van der Waals surface area contributed by atoms with Crippen LogP contribution < -0.4 is 5.32 Å². The van der Waals surface area contributed by atoms with Crippen LogP contribution in [0, 0.1) is 11.3 Å². The molecule has 0 unspecified atom stereocenters. The van der Waals surface area contributed by atoms with Gasteiger partial charge in [0.05, 0.1) is 13.2 Å². The maximum absolute atomic E-state index is 12.8. The Balaban J connectivity index is 2.11. The van der Waals surface area contributed by atoms with E-state index in [2.05, 4.69) is 32.3 Å². The number of ether oxygens (including phenoxy) is 2. The molecule has 0 aromatic rings. The van der Waals surface area contributed by atoms with E-state index in [-0.39, 0.29) is 18.4 Å². The van der Waals surface area contributed by atoms with Gasteiger partial charge in [-0.3, -0.25) is 4.79 Å². The van der Waals surface area contributed by atoms with Crippen LogP contribution in [0.2, 0.25) is 0 Å². The summed E-state index contributed by atoms with van der Waals surface area (Å²) in [6, 6.07) is 0. The Bertz CT molecular complexity index is 501. The van der Waals surface area contributed by atoms with Gasteiger partial charge in [-0.25, -0.2) is 4.39 Å². The molecule has 4 nitrogen and oxygen atoms in total. The Morgan fingerprint density at radius 2 is 1.88 bits per heavy atom. The molecule has 0 aliphatic heterocycles. The predicted molar refractivity (Wildman–Crippen MR) is 98.7 cm³/mol. The second-order valence-electron chi connectivity index (χ2n) is 7.43. The summed E-state index contributed by atoms with van der Waals surface area (Å²) >= 11 is 0. The van der Waals surface area contributed by atoms with Gasteiger partial charge in [0, 0.05) is 18.5 Å². The lowest BCUT2D eigenvalue weighted by molar-refractivity contribution is -0.126. The second kappa shape index (κ2) is 10.4. The number of rotatable bonds is 10. The first-order valence-electron chi connectivity index (χ1n) is 8.91. The second-order valence-corrected chi connectivity index (χ2v) is 7.43. The lowest BCUT2D eigenvalue weighted by atomic mass is 9.73. The van der Waals surface area contributed by atoms with Gasteiger partial charge in [-0.05, 0) is 43.6 Å². The third-order valence-corrected chi connectivity index (χ3v) is 4.45. The highest BCUT2D eigenvalue weighted by Crippen LogP contribution is 2.37. The van der Waals surface area contributed by atoms with Crippen molar-refractivity contribution in [1.82, 2.24) is 5.32 Å². The molecule has 0 saturated heterocycles. The van der Waals surface area contributed by atoms with Crippen LogP contribution in [0.4, 0.5) is 4.39 Å². The van der Waals surface area contributed by atoms with E-state index in [0.717, 1.165) is 25.7 Å². The van der Waals surface area contributed by atoms with Crippen LogP contribution in [-0.4, -0.2) is 32.3 Å². The van der Waals surface area contributed by atoms with Gasteiger partial charge in [0.2, 0.25) is 5.91 Å². The Hall–Kier alpha value is -1.62. The van der Waals surface area contributed by atoms with Gasteiger partial charge in [0.15, 0.2) is 0 Å². The molecule has 0 atom stereocenters. The van der Waals surface area contributed by atoms with E-state index in [0.29, 0.717) is 36.5 Å². The van der Waals surface area contributed by atoms with E-state index in [4.69, 9.17) is 9.47 Å². The summed E-state index contributed by atoms with van der Waals surface area (Å²) in [6.45, 7) is 14.7. The van der Waals surface area contributed by atoms with Gasteiger partial charge < -0.3 is 14.8 Å². The summed E-state index contributed by atoms with van der Waals surface area (Å²) in [5, 5.41) is 2.93. The molecule has 0 aromatic heterocycles. The van der Waals surface area contributed by atoms with Crippen LogP contribution in [0.5, 0.6) is 0 Å². The van der Waals surface area contributed by atoms with Crippen molar-refractivity contribution in [2.75, 3.05) is 26.4 Å². The van der Waals surface area contributed by atoms with Crippen molar-refractivity contribution >= 4 is 5.91 Å². The van der Waals surface area contributed by atoms with Gasteiger partial charge in [-0.15, -0.1) is 0 Å². The maximum Gasteiger partial charge on any atom is 0.223 e. The van der Waals surface area contributed by atoms with E-state index in [1.54, 1.807) is 6.92 Å². The van der Waals surface area contributed by atoms with Gasteiger partial charge in [0.25, 0.3) is 0 Å². The molecular formula is C20H32FNO3. The molecule has 1 fully saturated rings. The van der Waals surface area contributed by atoms with Crippen LogP contribution >= 0.6 is 0 Å². The molecule has 0 aromatic carbocycles. The molecule has 1 rings (SSSR count). The largest absolute Gasteiger partial charge is 0.491 e. The molecule has 1 amide bonds. The number of amides is 1. The van der Waals surface area contributed by atoms with E-state index in [1.165, 1.54) is 6.08 Å². The lowest BCUT2D eigenvalue weighted by Gasteiger charge is -2.33. The van der Waals surface area contributed by atoms with Crippen molar-refractivity contribution < 1.29 is 18.7 Å². The third-order valence-electron chi connectivity index (χ3n) is 4.45. The van der Waals surface area contributed by atoms with Crippen molar-refractivity contribution in [2.45, 2.75) is 46.5 Å². The standard InChI is InChI=1S/C20H32FNO3/c1-15(2)18(14-16(3)21)25-13-12-24-11-10-22-19(23)17-6-8-20(4,5)9-7-17/h14,17H,1,3,6-13H2,2,4-5H3,(H,22,23)/b18-14+. The normalized spacial score (nSPS) is 17.8. The highest BCUT2D eigenvalue weighted by atomic mass is 19.1. The Kier molecular flexibility index (Phi) is 8.90. The van der Waals surface area contributed by atoms with Gasteiger partial charge >= 0.3 is 0 Å². The number of hydrogen-bond donors (Lipinski definition) is 1. The SMILES string of the molecule is C=C(F)/C=C(/OCCOCCNC(=O)C1CCC(C)(C)CC1)C(=C)C. The molecule has 0 bridgehead atoms. The zero-order valence-corrected chi connectivity index (χ0v) is 15.8. The van der Waals surface area contributed by atoms with Crippen LogP contribution in [0.25, 0.3) is 0 Å². The van der Waals surface area contributed by atoms with Crippen molar-refractivity contribution in [3.8, 4) is 0 Å². The lowest BCUT2D eigenvalue weighted by Crippen LogP contribution is -2.36. The van der Waals surface area contributed by atoms with E-state index in [1.807, 2.05) is 0 Å². The summed E-state index contributed by atoms with van der Waals surface area (Å²) in [4.78, 5) is 12.1. The van der Waals surface area contributed by atoms with Gasteiger partial charge in [0.1, 0.15) is 18.2 Å². The third kappa shape index (κ3) is 8.87. The highest BCUT2D eigenvalue weighted by molar-refractivity contribution is 5.78. The number of nitrogens with one attached hydrogen (secondary N) is 1. The Labute approximate surface area is 151 Å². The summed E-state index contributed by atoms with van der Waals surface area (Å²) < 4.78 is 23.6. The molecule has 1 aliphatic rings. The zero-order valence-electron chi connectivity index (χ0n) is 15.8. The fourth-order valence-electron chi connectivity index (χ4n) is 2.80. The Morgan fingerprint density at radius 3 is 2.44 bits per heavy atom. The van der Waals surface area contributed by atoms with Crippen LogP contribution in [0.1, 0.15) is 46.5 Å². The minimum atomic E-state index is -0.576. The van der Waals surface area contributed by atoms with Gasteiger partial charge in [-0.1, -0.05) is 27.0 Å². The molecule has 0 heterocycles. The van der Waals surface area contributed by atoms with Crippen LogP contribution in [0.15, 0.2) is 36.4 Å². The van der Waals surface area contributed by atoms with Crippen molar-refractivity contribution in [3.05, 3.63) is 36.4 Å². The maximum atomic E-state index is 12.8. The quantitative estimate of drug-likeness (QED) is 0.362. The number of halogens is 1. The smallest absolute Gasteiger partial charge is 0.223 e. The summed E-state index contributed by atoms with van der Waals surface area (Å²) in [7, 11) is 0. The Morgan fingerprint density at radius 1 is 1.24 bits per heavy atom. The molecule has 25 heavy (non-hydrogen) atoms. The molecule has 142 valence electrons. The van der Waals surface area contributed by atoms with E-state index in [9.17, 15) is 9.18 Å². The molecule has 0 spiro atoms. The molecule has 5 heteroatoms. The number of hydrogen-bond acceptors (Lipinski definition) is 3. The molecule has 1 saturated carbocycles. The van der Waals surface area contributed by atoms with E-state index >= 15 is 0 Å². The summed E-state index contributed by atoms with van der Waals surface area (Å²) in [5.74, 6) is 0.0510. The predicted octanol–water partition coefficient (Wildman–Crippen LogP) is 4.30. The van der Waals surface area contributed by atoms with Gasteiger partial charge in [-0.2, -0.15) is 0 Å². The topological polar surface area (TPSA) is 47.6 Å². The number of allylic oxidation sites excluding steroid dienone is 3. The highest BCUT2D eigenvalue weighted by Gasteiger charge is 2.30.